The zero-order valence-corrected chi connectivity index (χ0v) is 11.5. The first-order valence-electron chi connectivity index (χ1n) is 7.06. The van der Waals surface area contributed by atoms with E-state index in [0.29, 0.717) is 5.41 Å². The van der Waals surface area contributed by atoms with Gasteiger partial charge >= 0.3 is 0 Å². The molecule has 1 aliphatic rings. The summed E-state index contributed by atoms with van der Waals surface area (Å²) in [5, 5.41) is 0. The molecule has 0 amide bonds. The summed E-state index contributed by atoms with van der Waals surface area (Å²) < 4.78 is 0. The smallest absolute Gasteiger partial charge is 0.00474 e. The van der Waals surface area contributed by atoms with Crippen molar-refractivity contribution in [2.45, 2.75) is 52.9 Å². The van der Waals surface area contributed by atoms with Crippen molar-refractivity contribution in [1.82, 2.24) is 4.90 Å². The van der Waals surface area contributed by atoms with Gasteiger partial charge in [0.25, 0.3) is 0 Å². The molecule has 16 heavy (non-hydrogen) atoms. The Balaban J connectivity index is 2.39. The third-order valence-electron chi connectivity index (χ3n) is 4.14. The van der Waals surface area contributed by atoms with E-state index in [1.807, 2.05) is 0 Å². The van der Waals surface area contributed by atoms with E-state index in [1.54, 1.807) is 0 Å². The minimum Gasteiger partial charge on any atom is -0.330 e. The van der Waals surface area contributed by atoms with Crippen molar-refractivity contribution in [2.24, 2.45) is 17.1 Å². The average Bonchev–Trinajstić information content (AvgIpc) is 2.22. The maximum Gasteiger partial charge on any atom is 0.00474 e. The lowest BCUT2D eigenvalue weighted by molar-refractivity contribution is 0.122. The molecule has 0 aromatic heterocycles. The largest absolute Gasteiger partial charge is 0.330 e. The van der Waals surface area contributed by atoms with Crippen molar-refractivity contribution in [3.8, 4) is 0 Å². The molecule has 0 aromatic rings. The molecule has 1 rings (SSSR count). The van der Waals surface area contributed by atoms with Crippen molar-refractivity contribution in [2.75, 3.05) is 26.2 Å². The fourth-order valence-corrected chi connectivity index (χ4v) is 2.74. The highest BCUT2D eigenvalue weighted by Crippen LogP contribution is 2.29. The Hall–Kier alpha value is -0.0800. The molecule has 0 saturated heterocycles. The Morgan fingerprint density at radius 3 is 2.38 bits per heavy atom. The van der Waals surface area contributed by atoms with Crippen LogP contribution in [0.2, 0.25) is 0 Å². The van der Waals surface area contributed by atoms with Gasteiger partial charge in [-0.1, -0.05) is 33.6 Å². The second-order valence-corrected chi connectivity index (χ2v) is 5.89. The Morgan fingerprint density at radius 2 is 2.00 bits per heavy atom. The Labute approximate surface area is 102 Å². The Bertz CT molecular complexity index is 189. The normalized spacial score (nSPS) is 20.8. The second kappa shape index (κ2) is 6.61. The molecular formula is C14H30N2. The van der Waals surface area contributed by atoms with Crippen LogP contribution in [0.4, 0.5) is 0 Å². The first-order chi connectivity index (χ1) is 7.63. The van der Waals surface area contributed by atoms with Gasteiger partial charge < -0.3 is 10.6 Å². The van der Waals surface area contributed by atoms with Gasteiger partial charge in [0, 0.05) is 13.1 Å². The van der Waals surface area contributed by atoms with E-state index in [0.717, 1.165) is 12.5 Å². The number of hydrogen-bond acceptors (Lipinski definition) is 2. The van der Waals surface area contributed by atoms with Gasteiger partial charge in [-0.2, -0.15) is 0 Å². The molecule has 0 bridgehead atoms. The fourth-order valence-electron chi connectivity index (χ4n) is 2.74. The molecule has 96 valence electrons. The summed E-state index contributed by atoms with van der Waals surface area (Å²) in [7, 11) is 0. The highest BCUT2D eigenvalue weighted by Gasteiger charge is 2.27. The minimum atomic E-state index is 0.328. The van der Waals surface area contributed by atoms with Crippen LogP contribution in [-0.2, 0) is 0 Å². The first kappa shape index (κ1) is 14.0. The van der Waals surface area contributed by atoms with E-state index in [9.17, 15) is 0 Å². The van der Waals surface area contributed by atoms with E-state index in [-0.39, 0.29) is 0 Å². The van der Waals surface area contributed by atoms with E-state index < -0.39 is 0 Å². The molecule has 1 fully saturated rings. The van der Waals surface area contributed by atoms with Gasteiger partial charge in [0.05, 0.1) is 0 Å². The van der Waals surface area contributed by atoms with Crippen LogP contribution in [-0.4, -0.2) is 31.1 Å². The van der Waals surface area contributed by atoms with Crippen LogP contribution in [0.5, 0.6) is 0 Å². The van der Waals surface area contributed by atoms with Gasteiger partial charge in [0.1, 0.15) is 0 Å². The quantitative estimate of drug-likeness (QED) is 0.689. The highest BCUT2D eigenvalue weighted by molar-refractivity contribution is 4.81. The summed E-state index contributed by atoms with van der Waals surface area (Å²) in [5.74, 6) is 0.976. The van der Waals surface area contributed by atoms with Crippen LogP contribution < -0.4 is 5.73 Å². The lowest BCUT2D eigenvalue weighted by Crippen LogP contribution is -2.43. The van der Waals surface area contributed by atoms with Crippen molar-refractivity contribution >= 4 is 0 Å². The first-order valence-corrected chi connectivity index (χ1v) is 7.06. The molecule has 1 unspecified atom stereocenters. The molecule has 0 aromatic carbocycles. The van der Waals surface area contributed by atoms with Gasteiger partial charge in [-0.05, 0) is 43.7 Å². The minimum absolute atomic E-state index is 0.328. The topological polar surface area (TPSA) is 29.3 Å². The molecule has 0 heterocycles. The molecule has 2 N–H and O–H groups in total. The summed E-state index contributed by atoms with van der Waals surface area (Å²) >= 11 is 0. The third kappa shape index (κ3) is 4.06. The number of nitrogens with zero attached hydrogens (tertiary/aromatic N) is 1. The molecule has 1 saturated carbocycles. The molecule has 1 atom stereocenters. The third-order valence-corrected chi connectivity index (χ3v) is 4.14. The average molecular weight is 226 g/mol. The number of nitrogens with two attached hydrogens (primary N) is 1. The van der Waals surface area contributed by atoms with Gasteiger partial charge in [0.15, 0.2) is 0 Å². The summed E-state index contributed by atoms with van der Waals surface area (Å²) in [6, 6.07) is 0. The molecule has 2 nitrogen and oxygen atoms in total. The van der Waals surface area contributed by atoms with Crippen molar-refractivity contribution in [1.29, 1.82) is 0 Å². The van der Waals surface area contributed by atoms with Crippen molar-refractivity contribution < 1.29 is 0 Å². The van der Waals surface area contributed by atoms with Gasteiger partial charge in [-0.3, -0.25) is 0 Å². The molecular weight excluding hydrogens is 196 g/mol. The van der Waals surface area contributed by atoms with E-state index in [1.165, 1.54) is 51.7 Å². The van der Waals surface area contributed by atoms with Crippen molar-refractivity contribution in [3.05, 3.63) is 0 Å². The fraction of sp³-hybridized carbons (Fsp3) is 1.00. The predicted octanol–water partition coefficient (Wildman–Crippen LogP) is 2.87. The van der Waals surface area contributed by atoms with Crippen molar-refractivity contribution in [3.63, 3.8) is 0 Å². The summed E-state index contributed by atoms with van der Waals surface area (Å²) in [6.45, 7) is 11.4. The molecule has 2 heteroatoms. The number of hydrogen-bond donors (Lipinski definition) is 1. The van der Waals surface area contributed by atoms with E-state index in [2.05, 4.69) is 25.7 Å². The zero-order chi connectivity index (χ0) is 12.0. The van der Waals surface area contributed by atoms with E-state index in [4.69, 9.17) is 5.73 Å². The Morgan fingerprint density at radius 1 is 1.31 bits per heavy atom. The lowest BCUT2D eigenvalue weighted by atomic mass is 9.82. The van der Waals surface area contributed by atoms with E-state index >= 15 is 0 Å². The van der Waals surface area contributed by atoms with Crippen LogP contribution in [0.15, 0.2) is 0 Å². The Kier molecular flexibility index (Phi) is 5.77. The predicted molar refractivity (Wildman–Crippen MR) is 71.5 cm³/mol. The van der Waals surface area contributed by atoms with Crippen LogP contribution in [0.25, 0.3) is 0 Å². The molecule has 1 aliphatic carbocycles. The van der Waals surface area contributed by atoms with Crippen LogP contribution in [0, 0.1) is 11.3 Å². The van der Waals surface area contributed by atoms with Crippen LogP contribution >= 0.6 is 0 Å². The maximum atomic E-state index is 5.95. The van der Waals surface area contributed by atoms with Crippen LogP contribution in [0.3, 0.4) is 0 Å². The monoisotopic (exact) mass is 226 g/mol. The number of rotatable bonds is 8. The van der Waals surface area contributed by atoms with Gasteiger partial charge in [-0.15, -0.1) is 0 Å². The second-order valence-electron chi connectivity index (χ2n) is 5.89. The molecule has 0 spiro atoms. The maximum absolute atomic E-state index is 5.95. The molecule has 0 radical (unpaired) electrons. The van der Waals surface area contributed by atoms with Gasteiger partial charge in [-0.25, -0.2) is 0 Å². The SMILES string of the molecule is CCCC(C)(CN)CN(CC)CC1CCC1. The molecule has 0 aliphatic heterocycles. The summed E-state index contributed by atoms with van der Waals surface area (Å²) in [5.41, 5.74) is 6.27. The lowest BCUT2D eigenvalue weighted by Gasteiger charge is -2.38. The summed E-state index contributed by atoms with van der Waals surface area (Å²) in [4.78, 5) is 2.62. The zero-order valence-electron chi connectivity index (χ0n) is 11.5. The standard InChI is InChI=1S/C14H30N2/c1-4-9-14(3,11-15)12-16(5-2)10-13-7-6-8-13/h13H,4-12,15H2,1-3H3. The van der Waals surface area contributed by atoms with Crippen LogP contribution in [0.1, 0.15) is 52.9 Å². The summed E-state index contributed by atoms with van der Waals surface area (Å²) in [6.07, 6.45) is 6.85. The highest BCUT2D eigenvalue weighted by atomic mass is 15.1. The van der Waals surface area contributed by atoms with Gasteiger partial charge in [0.2, 0.25) is 0 Å².